The van der Waals surface area contributed by atoms with Crippen LogP contribution in [0.15, 0.2) is 35.8 Å². The van der Waals surface area contributed by atoms with E-state index < -0.39 is 11.6 Å². The molecule has 0 radical (unpaired) electrons. The highest BCUT2D eigenvalue weighted by Crippen LogP contribution is 2.19. The van der Waals surface area contributed by atoms with E-state index in [1.165, 1.54) is 12.1 Å². The summed E-state index contributed by atoms with van der Waals surface area (Å²) >= 11 is 0. The molecular weight excluding hydrogens is 387 g/mol. The van der Waals surface area contributed by atoms with Crippen LogP contribution in [0.3, 0.4) is 0 Å². The third-order valence-corrected chi connectivity index (χ3v) is 2.77. The van der Waals surface area contributed by atoms with E-state index in [1.54, 1.807) is 6.08 Å². The Hall–Kier alpha value is -1.18. The fourth-order valence-electron chi connectivity index (χ4n) is 1.74. The highest BCUT2D eigenvalue weighted by Gasteiger charge is 2.11. The molecule has 0 fully saturated rings. The second kappa shape index (κ2) is 10.5. The highest BCUT2D eigenvalue weighted by atomic mass is 127. The predicted molar refractivity (Wildman–Crippen MR) is 94.4 cm³/mol. The maximum absolute atomic E-state index is 13.6. The van der Waals surface area contributed by atoms with Gasteiger partial charge in [-0.2, -0.15) is 0 Å². The van der Waals surface area contributed by atoms with Gasteiger partial charge in [0.05, 0.1) is 0 Å². The van der Waals surface area contributed by atoms with Crippen molar-refractivity contribution in [2.24, 2.45) is 4.99 Å². The number of benzene rings is 1. The fraction of sp³-hybridized carbons (Fsp3) is 0.400. The van der Waals surface area contributed by atoms with Crippen molar-refractivity contribution in [2.75, 3.05) is 19.6 Å². The molecule has 2 N–H and O–H groups in total. The van der Waals surface area contributed by atoms with Crippen LogP contribution in [0.25, 0.3) is 0 Å². The molecule has 0 heterocycles. The molecule has 0 saturated heterocycles. The summed E-state index contributed by atoms with van der Waals surface area (Å²) in [4.78, 5) is 4.38. The summed E-state index contributed by atoms with van der Waals surface area (Å²) in [7, 11) is 0. The number of guanidine groups is 1. The van der Waals surface area contributed by atoms with Crippen molar-refractivity contribution in [3.8, 4) is 0 Å². The zero-order chi connectivity index (χ0) is 15.0. The lowest BCUT2D eigenvalue weighted by atomic mass is 10.0. The van der Waals surface area contributed by atoms with Gasteiger partial charge in [0.15, 0.2) is 5.96 Å². The minimum absolute atomic E-state index is 0. The lowest BCUT2D eigenvalue weighted by molar-refractivity contribution is 0.560. The molecule has 0 aromatic heterocycles. The van der Waals surface area contributed by atoms with Crippen LogP contribution < -0.4 is 10.6 Å². The molecule has 6 heteroatoms. The van der Waals surface area contributed by atoms with Gasteiger partial charge in [-0.3, -0.25) is 4.99 Å². The normalized spacial score (nSPS) is 12.3. The summed E-state index contributed by atoms with van der Waals surface area (Å²) in [6.07, 6.45) is 1.73. The number of nitrogens with one attached hydrogen (secondary N) is 2. The molecule has 0 saturated carbocycles. The lowest BCUT2D eigenvalue weighted by Gasteiger charge is -2.13. The summed E-state index contributed by atoms with van der Waals surface area (Å²) < 4.78 is 26.5. The Morgan fingerprint density at radius 2 is 2.10 bits per heavy atom. The SMILES string of the molecule is C=CCNC(=NCC(C)c1ccc(F)cc1F)NCC.I. The Bertz CT molecular complexity index is 478. The van der Waals surface area contributed by atoms with Gasteiger partial charge in [-0.25, -0.2) is 8.78 Å². The second-order valence-corrected chi connectivity index (χ2v) is 4.46. The fourth-order valence-corrected chi connectivity index (χ4v) is 1.74. The number of halogens is 3. The molecule has 3 nitrogen and oxygen atoms in total. The molecular formula is C15H22F2IN3. The lowest BCUT2D eigenvalue weighted by Crippen LogP contribution is -2.37. The molecule has 118 valence electrons. The van der Waals surface area contributed by atoms with Crippen LogP contribution in [-0.4, -0.2) is 25.6 Å². The van der Waals surface area contributed by atoms with E-state index in [-0.39, 0.29) is 29.9 Å². The maximum atomic E-state index is 13.6. The average Bonchev–Trinajstić information content (AvgIpc) is 2.41. The summed E-state index contributed by atoms with van der Waals surface area (Å²) in [5.74, 6) is -0.573. The number of hydrogen-bond acceptors (Lipinski definition) is 1. The quantitative estimate of drug-likeness (QED) is 0.327. The third kappa shape index (κ3) is 6.88. The van der Waals surface area contributed by atoms with E-state index in [0.717, 1.165) is 12.6 Å². The van der Waals surface area contributed by atoms with Crippen LogP contribution in [0.2, 0.25) is 0 Å². The zero-order valence-corrected chi connectivity index (χ0v) is 14.7. The van der Waals surface area contributed by atoms with Crippen LogP contribution in [0, 0.1) is 11.6 Å². The number of rotatable bonds is 6. The standard InChI is InChI=1S/C15H21F2N3.HI/c1-4-8-19-15(18-5-2)20-10-11(3)13-7-6-12(16)9-14(13)17;/h4,6-7,9,11H,1,5,8,10H2,2-3H3,(H2,18,19,20);1H. The van der Waals surface area contributed by atoms with Crippen LogP contribution in [0.5, 0.6) is 0 Å². The number of hydrogen-bond donors (Lipinski definition) is 2. The molecule has 0 bridgehead atoms. The Labute approximate surface area is 141 Å². The van der Waals surface area contributed by atoms with Gasteiger partial charge in [0.25, 0.3) is 0 Å². The summed E-state index contributed by atoms with van der Waals surface area (Å²) in [6, 6.07) is 3.63. The van der Waals surface area contributed by atoms with Gasteiger partial charge < -0.3 is 10.6 Å². The molecule has 0 aliphatic carbocycles. The molecule has 1 unspecified atom stereocenters. The summed E-state index contributed by atoms with van der Waals surface area (Å²) in [5, 5.41) is 6.15. The van der Waals surface area contributed by atoms with E-state index in [1.807, 2.05) is 13.8 Å². The van der Waals surface area contributed by atoms with Crippen molar-refractivity contribution in [3.63, 3.8) is 0 Å². The molecule has 0 aliphatic heterocycles. The van der Waals surface area contributed by atoms with Crippen molar-refractivity contribution < 1.29 is 8.78 Å². The van der Waals surface area contributed by atoms with Gasteiger partial charge in [-0.1, -0.05) is 19.1 Å². The van der Waals surface area contributed by atoms with Gasteiger partial charge in [0.1, 0.15) is 11.6 Å². The molecule has 0 spiro atoms. The first-order valence-electron chi connectivity index (χ1n) is 6.66. The third-order valence-electron chi connectivity index (χ3n) is 2.77. The second-order valence-electron chi connectivity index (χ2n) is 4.46. The first kappa shape index (κ1) is 19.8. The average molecular weight is 409 g/mol. The largest absolute Gasteiger partial charge is 0.357 e. The van der Waals surface area contributed by atoms with Gasteiger partial charge in [-0.15, -0.1) is 30.6 Å². The predicted octanol–water partition coefficient (Wildman–Crippen LogP) is 3.43. The summed E-state index contributed by atoms with van der Waals surface area (Å²) in [6.45, 7) is 9.20. The van der Waals surface area contributed by atoms with E-state index in [4.69, 9.17) is 0 Å². The van der Waals surface area contributed by atoms with E-state index in [9.17, 15) is 8.78 Å². The first-order chi connectivity index (χ1) is 9.58. The molecule has 21 heavy (non-hydrogen) atoms. The van der Waals surface area contributed by atoms with E-state index in [0.29, 0.717) is 24.6 Å². The Morgan fingerprint density at radius 3 is 2.67 bits per heavy atom. The highest BCUT2D eigenvalue weighted by molar-refractivity contribution is 14.0. The zero-order valence-electron chi connectivity index (χ0n) is 12.3. The van der Waals surface area contributed by atoms with Crippen LogP contribution in [-0.2, 0) is 0 Å². The van der Waals surface area contributed by atoms with E-state index >= 15 is 0 Å². The number of aliphatic imine (C=N–C) groups is 1. The minimum atomic E-state index is -0.567. The van der Waals surface area contributed by atoms with Gasteiger partial charge in [0.2, 0.25) is 0 Å². The molecule has 1 atom stereocenters. The molecule has 1 rings (SSSR count). The molecule has 0 amide bonds. The Morgan fingerprint density at radius 1 is 1.38 bits per heavy atom. The van der Waals surface area contributed by atoms with Crippen molar-refractivity contribution in [3.05, 3.63) is 48.1 Å². The van der Waals surface area contributed by atoms with E-state index in [2.05, 4.69) is 22.2 Å². The maximum Gasteiger partial charge on any atom is 0.191 e. The van der Waals surface area contributed by atoms with Crippen molar-refractivity contribution in [2.45, 2.75) is 19.8 Å². The van der Waals surface area contributed by atoms with Crippen LogP contribution >= 0.6 is 24.0 Å². The molecule has 1 aromatic carbocycles. The van der Waals surface area contributed by atoms with Crippen molar-refractivity contribution in [1.29, 1.82) is 0 Å². The van der Waals surface area contributed by atoms with Crippen LogP contribution in [0.1, 0.15) is 25.3 Å². The molecule has 1 aromatic rings. The van der Waals surface area contributed by atoms with Gasteiger partial charge in [-0.05, 0) is 18.6 Å². The Balaban J connectivity index is 0.00000400. The molecule has 0 aliphatic rings. The first-order valence-corrected chi connectivity index (χ1v) is 6.66. The summed E-state index contributed by atoms with van der Waals surface area (Å²) in [5.41, 5.74) is 0.467. The Kier molecular flexibility index (Phi) is 9.94. The van der Waals surface area contributed by atoms with Crippen molar-refractivity contribution >= 4 is 29.9 Å². The smallest absolute Gasteiger partial charge is 0.191 e. The van der Waals surface area contributed by atoms with Gasteiger partial charge >= 0.3 is 0 Å². The van der Waals surface area contributed by atoms with Gasteiger partial charge in [0, 0.05) is 31.6 Å². The topological polar surface area (TPSA) is 36.4 Å². The van der Waals surface area contributed by atoms with Crippen LogP contribution in [0.4, 0.5) is 8.78 Å². The monoisotopic (exact) mass is 409 g/mol. The minimum Gasteiger partial charge on any atom is -0.357 e. The number of nitrogens with zero attached hydrogens (tertiary/aromatic N) is 1. The van der Waals surface area contributed by atoms with Crippen molar-refractivity contribution in [1.82, 2.24) is 10.6 Å².